The molecule has 25 heavy (non-hydrogen) atoms. The highest BCUT2D eigenvalue weighted by Gasteiger charge is 2.23. The van der Waals surface area contributed by atoms with Crippen molar-refractivity contribution < 1.29 is 4.79 Å². The number of amides is 1. The molecule has 3 heterocycles. The van der Waals surface area contributed by atoms with E-state index in [1.54, 1.807) is 24.5 Å². The molecule has 0 bridgehead atoms. The fourth-order valence-corrected chi connectivity index (χ4v) is 3.60. The van der Waals surface area contributed by atoms with E-state index in [9.17, 15) is 4.79 Å². The van der Waals surface area contributed by atoms with Crippen LogP contribution in [-0.2, 0) is 6.42 Å². The lowest BCUT2D eigenvalue weighted by Crippen LogP contribution is -2.38. The van der Waals surface area contributed by atoms with Crippen LogP contribution in [0, 0.1) is 5.92 Å². The highest BCUT2D eigenvalue weighted by molar-refractivity contribution is 5.94. The third kappa shape index (κ3) is 3.53. The first kappa shape index (κ1) is 15.8. The van der Waals surface area contributed by atoms with Crippen molar-refractivity contribution in [2.45, 2.75) is 19.3 Å². The zero-order valence-electron chi connectivity index (χ0n) is 14.1. The molecule has 0 spiro atoms. The molecule has 3 aromatic rings. The minimum absolute atomic E-state index is 0.123. The highest BCUT2D eigenvalue weighted by Crippen LogP contribution is 2.24. The molecule has 4 heteroatoms. The van der Waals surface area contributed by atoms with Gasteiger partial charge in [0.15, 0.2) is 0 Å². The SMILES string of the molecule is O=C(c1ccncc1)N1CCC(Cc2ccc3ncccc3c2)CC1. The number of pyridine rings is 2. The van der Waals surface area contributed by atoms with Crippen molar-refractivity contribution in [3.63, 3.8) is 0 Å². The van der Waals surface area contributed by atoms with Crippen molar-refractivity contribution in [2.75, 3.05) is 13.1 Å². The van der Waals surface area contributed by atoms with E-state index in [2.05, 4.69) is 34.2 Å². The summed E-state index contributed by atoms with van der Waals surface area (Å²) in [5.41, 5.74) is 3.14. The lowest BCUT2D eigenvalue weighted by Gasteiger charge is -2.32. The Kier molecular flexibility index (Phi) is 4.42. The van der Waals surface area contributed by atoms with Crippen LogP contribution in [0.3, 0.4) is 0 Å². The number of fused-ring (bicyclic) bond motifs is 1. The zero-order chi connectivity index (χ0) is 17.1. The van der Waals surface area contributed by atoms with Crippen LogP contribution in [0.4, 0.5) is 0 Å². The Bertz CT molecular complexity index is 870. The second-order valence-corrected chi connectivity index (χ2v) is 6.71. The normalized spacial score (nSPS) is 15.4. The van der Waals surface area contributed by atoms with Crippen LogP contribution < -0.4 is 0 Å². The number of piperidine rings is 1. The van der Waals surface area contributed by atoms with Crippen molar-refractivity contribution in [3.8, 4) is 0 Å². The Morgan fingerprint density at radius 1 is 1.04 bits per heavy atom. The number of nitrogens with zero attached hydrogens (tertiary/aromatic N) is 3. The van der Waals surface area contributed by atoms with Crippen LogP contribution in [0.25, 0.3) is 10.9 Å². The van der Waals surface area contributed by atoms with Crippen LogP contribution in [0.15, 0.2) is 61.1 Å². The molecular weight excluding hydrogens is 310 g/mol. The molecule has 2 aromatic heterocycles. The number of carbonyl (C=O) groups is 1. The van der Waals surface area contributed by atoms with Crippen LogP contribution in [0.1, 0.15) is 28.8 Å². The molecule has 0 unspecified atom stereocenters. The molecule has 1 aromatic carbocycles. The van der Waals surface area contributed by atoms with Crippen molar-refractivity contribution in [2.24, 2.45) is 5.92 Å². The van der Waals surface area contributed by atoms with E-state index < -0.39 is 0 Å². The van der Waals surface area contributed by atoms with Gasteiger partial charge in [-0.15, -0.1) is 0 Å². The standard InChI is InChI=1S/C21H21N3O/c25-21(18-5-10-22-11-6-18)24-12-7-16(8-13-24)14-17-3-4-20-19(15-17)2-1-9-23-20/h1-6,9-11,15-16H,7-8,12-14H2. The fourth-order valence-electron chi connectivity index (χ4n) is 3.60. The Labute approximate surface area is 147 Å². The molecule has 0 N–H and O–H groups in total. The number of aromatic nitrogens is 2. The molecule has 1 fully saturated rings. The van der Waals surface area contributed by atoms with Gasteiger partial charge in [-0.3, -0.25) is 14.8 Å². The number of hydrogen-bond acceptors (Lipinski definition) is 3. The molecule has 1 saturated heterocycles. The summed E-state index contributed by atoms with van der Waals surface area (Å²) in [6, 6.07) is 14.2. The molecule has 4 rings (SSSR count). The van der Waals surface area contributed by atoms with Gasteiger partial charge in [0.05, 0.1) is 5.52 Å². The number of hydrogen-bond donors (Lipinski definition) is 0. The van der Waals surface area contributed by atoms with Gasteiger partial charge in [-0.2, -0.15) is 0 Å². The summed E-state index contributed by atoms with van der Waals surface area (Å²) in [7, 11) is 0. The monoisotopic (exact) mass is 331 g/mol. The van der Waals surface area contributed by atoms with Crippen LogP contribution >= 0.6 is 0 Å². The van der Waals surface area contributed by atoms with Gasteiger partial charge in [-0.1, -0.05) is 12.1 Å². The average Bonchev–Trinajstić information content (AvgIpc) is 2.69. The van der Waals surface area contributed by atoms with Gasteiger partial charge in [0.1, 0.15) is 0 Å². The largest absolute Gasteiger partial charge is 0.339 e. The van der Waals surface area contributed by atoms with Gasteiger partial charge in [0, 0.05) is 42.6 Å². The van der Waals surface area contributed by atoms with Gasteiger partial charge >= 0.3 is 0 Å². The summed E-state index contributed by atoms with van der Waals surface area (Å²) in [5.74, 6) is 0.758. The Hall–Kier alpha value is -2.75. The first-order valence-electron chi connectivity index (χ1n) is 8.82. The van der Waals surface area contributed by atoms with Crippen molar-refractivity contribution in [3.05, 3.63) is 72.2 Å². The summed E-state index contributed by atoms with van der Waals surface area (Å²) in [6.45, 7) is 1.67. The molecule has 0 radical (unpaired) electrons. The Balaban J connectivity index is 1.37. The van der Waals surface area contributed by atoms with E-state index in [0.717, 1.165) is 43.4 Å². The van der Waals surface area contributed by atoms with Gasteiger partial charge in [0.25, 0.3) is 5.91 Å². The topological polar surface area (TPSA) is 46.1 Å². The molecular formula is C21H21N3O. The van der Waals surface area contributed by atoms with Gasteiger partial charge in [-0.05, 0) is 61.1 Å². The summed E-state index contributed by atoms with van der Waals surface area (Å²) in [4.78, 5) is 22.8. The Morgan fingerprint density at radius 2 is 1.84 bits per heavy atom. The van der Waals surface area contributed by atoms with Gasteiger partial charge in [0.2, 0.25) is 0 Å². The predicted octanol–water partition coefficient (Wildman–Crippen LogP) is 3.72. The summed E-state index contributed by atoms with van der Waals surface area (Å²) in [5, 5.41) is 1.20. The van der Waals surface area contributed by atoms with E-state index in [-0.39, 0.29) is 5.91 Å². The Morgan fingerprint density at radius 3 is 2.64 bits per heavy atom. The molecule has 126 valence electrons. The molecule has 0 saturated carbocycles. The summed E-state index contributed by atoms with van der Waals surface area (Å²) < 4.78 is 0. The van der Waals surface area contributed by atoms with Gasteiger partial charge < -0.3 is 4.90 Å². The second kappa shape index (κ2) is 7.01. The fraction of sp³-hybridized carbons (Fsp3) is 0.286. The number of likely N-dealkylation sites (tertiary alicyclic amines) is 1. The van der Waals surface area contributed by atoms with Crippen LogP contribution in [0.5, 0.6) is 0 Å². The van der Waals surface area contributed by atoms with Crippen molar-refractivity contribution in [1.29, 1.82) is 0 Å². The van der Waals surface area contributed by atoms with Crippen molar-refractivity contribution >= 4 is 16.8 Å². The minimum Gasteiger partial charge on any atom is -0.339 e. The van der Waals surface area contributed by atoms with Gasteiger partial charge in [-0.25, -0.2) is 0 Å². The lowest BCUT2D eigenvalue weighted by molar-refractivity contribution is 0.0690. The predicted molar refractivity (Wildman–Crippen MR) is 98.3 cm³/mol. The maximum atomic E-state index is 12.5. The molecule has 0 atom stereocenters. The summed E-state index contributed by atoms with van der Waals surface area (Å²) >= 11 is 0. The van der Waals surface area contributed by atoms with Crippen LogP contribution in [-0.4, -0.2) is 33.9 Å². The maximum absolute atomic E-state index is 12.5. The quantitative estimate of drug-likeness (QED) is 0.735. The third-order valence-electron chi connectivity index (χ3n) is 5.02. The number of carbonyl (C=O) groups excluding carboxylic acids is 1. The smallest absolute Gasteiger partial charge is 0.253 e. The second-order valence-electron chi connectivity index (χ2n) is 6.71. The van der Waals surface area contributed by atoms with Crippen molar-refractivity contribution in [1.82, 2.24) is 14.9 Å². The molecule has 4 nitrogen and oxygen atoms in total. The van der Waals surface area contributed by atoms with E-state index in [1.165, 1.54) is 10.9 Å². The average molecular weight is 331 g/mol. The molecule has 0 aliphatic carbocycles. The van der Waals surface area contributed by atoms with E-state index >= 15 is 0 Å². The lowest BCUT2D eigenvalue weighted by atomic mass is 9.89. The maximum Gasteiger partial charge on any atom is 0.253 e. The molecule has 1 aliphatic rings. The first-order chi connectivity index (χ1) is 12.3. The number of rotatable bonds is 3. The highest BCUT2D eigenvalue weighted by atomic mass is 16.2. The number of benzene rings is 1. The van der Waals surface area contributed by atoms with E-state index in [4.69, 9.17) is 0 Å². The van der Waals surface area contributed by atoms with E-state index in [0.29, 0.717) is 5.92 Å². The minimum atomic E-state index is 0.123. The van der Waals surface area contributed by atoms with Crippen LogP contribution in [0.2, 0.25) is 0 Å². The summed E-state index contributed by atoms with van der Waals surface area (Å²) in [6.07, 6.45) is 8.37. The molecule has 1 amide bonds. The van der Waals surface area contributed by atoms with E-state index in [1.807, 2.05) is 17.2 Å². The first-order valence-corrected chi connectivity index (χ1v) is 8.82. The zero-order valence-corrected chi connectivity index (χ0v) is 14.1. The molecule has 1 aliphatic heterocycles. The third-order valence-corrected chi connectivity index (χ3v) is 5.02.